The van der Waals surface area contributed by atoms with E-state index in [1.165, 1.54) is 70.6 Å². The molecule has 0 saturated heterocycles. The van der Waals surface area contributed by atoms with Crippen LogP contribution >= 0.6 is 0 Å². The second-order valence-electron chi connectivity index (χ2n) is 5.61. The number of hydrogen-bond donors (Lipinski definition) is 1. The molecule has 0 atom stereocenters. The predicted molar refractivity (Wildman–Crippen MR) is 85.5 cm³/mol. The number of carbonyl (C=O) groups is 1. The highest BCUT2D eigenvalue weighted by atomic mass is 16.1. The lowest BCUT2D eigenvalue weighted by Crippen LogP contribution is -1.92. The fraction of sp³-hybridized carbons (Fsp3) is 0.882. The molecule has 1 N–H and O–H groups in total. The van der Waals surface area contributed by atoms with Gasteiger partial charge in [0, 0.05) is 6.42 Å². The average Bonchev–Trinajstić information content (AvgIpc) is 2.44. The van der Waals surface area contributed by atoms with Crippen LogP contribution in [0.1, 0.15) is 96.8 Å². The summed E-state index contributed by atoms with van der Waals surface area (Å²) in [5.74, 6) is -0.205. The number of nitrogens with one attached hydrogen (secondary N) is 1. The normalized spacial score (nSPS) is 10.2. The number of hydrogen-bond acceptors (Lipinski definition) is 2. The van der Waals surface area contributed by atoms with Crippen LogP contribution in [0.5, 0.6) is 0 Å². The molecule has 0 radical (unpaired) electrons. The zero-order chi connectivity index (χ0) is 14.9. The minimum absolute atomic E-state index is 0.205. The van der Waals surface area contributed by atoms with Crippen LogP contribution in [0.15, 0.2) is 4.99 Å². The number of unbranched alkanes of at least 4 members (excludes halogenated alkanes) is 12. The van der Waals surface area contributed by atoms with Crippen molar-refractivity contribution in [2.75, 3.05) is 0 Å². The van der Waals surface area contributed by atoms with Crippen LogP contribution in [-0.2, 0) is 4.79 Å². The lowest BCUT2D eigenvalue weighted by molar-refractivity contribution is -0.117. The van der Waals surface area contributed by atoms with Gasteiger partial charge in [-0.15, -0.1) is 0 Å². The molecule has 0 aromatic carbocycles. The molecule has 0 aliphatic heterocycles. The largest absolute Gasteiger partial charge is 0.272 e. The zero-order valence-corrected chi connectivity index (χ0v) is 13.3. The standard InChI is InChI=1S/C17H32N2O/c1-2-3-4-5-6-7-8-9-10-11-12-13-14-15-17(20)19-16-18/h18H,2-15H2,1H3. The molecule has 1 amide bonds. The summed E-state index contributed by atoms with van der Waals surface area (Å²) >= 11 is 0. The Labute approximate surface area is 124 Å². The van der Waals surface area contributed by atoms with Gasteiger partial charge in [-0.3, -0.25) is 4.79 Å². The first-order valence-electron chi connectivity index (χ1n) is 8.46. The Morgan fingerprint density at radius 2 is 1.20 bits per heavy atom. The molecule has 0 aliphatic carbocycles. The molecule has 0 fully saturated rings. The Hall–Kier alpha value is -0.950. The van der Waals surface area contributed by atoms with Gasteiger partial charge in [0.15, 0.2) is 0 Å². The Morgan fingerprint density at radius 1 is 0.800 bits per heavy atom. The van der Waals surface area contributed by atoms with Gasteiger partial charge in [-0.2, -0.15) is 4.99 Å². The third-order valence-corrected chi connectivity index (χ3v) is 3.67. The Morgan fingerprint density at radius 3 is 1.60 bits per heavy atom. The Kier molecular flexibility index (Phi) is 15.3. The van der Waals surface area contributed by atoms with E-state index in [1.807, 2.05) is 0 Å². The average molecular weight is 280 g/mol. The number of rotatable bonds is 14. The summed E-state index contributed by atoms with van der Waals surface area (Å²) in [6.07, 6.45) is 17.5. The van der Waals surface area contributed by atoms with Crippen molar-refractivity contribution in [1.82, 2.24) is 0 Å². The highest BCUT2D eigenvalue weighted by Crippen LogP contribution is 2.12. The molecule has 0 heterocycles. The van der Waals surface area contributed by atoms with E-state index >= 15 is 0 Å². The highest BCUT2D eigenvalue weighted by molar-refractivity contribution is 5.81. The second kappa shape index (κ2) is 16.1. The molecular formula is C17H32N2O. The summed E-state index contributed by atoms with van der Waals surface area (Å²) in [6.45, 7) is 2.26. The first-order valence-corrected chi connectivity index (χ1v) is 8.46. The van der Waals surface area contributed by atoms with Crippen molar-refractivity contribution in [3.05, 3.63) is 0 Å². The second-order valence-corrected chi connectivity index (χ2v) is 5.61. The maximum atomic E-state index is 11.0. The van der Waals surface area contributed by atoms with Crippen molar-refractivity contribution in [3.8, 4) is 0 Å². The van der Waals surface area contributed by atoms with Gasteiger partial charge in [-0.05, 0) is 6.42 Å². The van der Waals surface area contributed by atoms with Crippen LogP contribution in [0.4, 0.5) is 0 Å². The molecule has 20 heavy (non-hydrogen) atoms. The molecule has 116 valence electrons. The molecule has 0 rings (SSSR count). The van der Waals surface area contributed by atoms with Gasteiger partial charge in [-0.25, -0.2) is 5.41 Å². The molecule has 0 saturated carbocycles. The zero-order valence-electron chi connectivity index (χ0n) is 13.3. The monoisotopic (exact) mass is 280 g/mol. The summed E-state index contributed by atoms with van der Waals surface area (Å²) in [5.41, 5.74) is 0. The topological polar surface area (TPSA) is 53.3 Å². The van der Waals surface area contributed by atoms with Crippen molar-refractivity contribution in [2.45, 2.75) is 96.8 Å². The summed E-state index contributed by atoms with van der Waals surface area (Å²) in [6, 6.07) is 1.79. The fourth-order valence-electron chi connectivity index (χ4n) is 2.41. The third-order valence-electron chi connectivity index (χ3n) is 3.67. The maximum Gasteiger partial charge on any atom is 0.255 e. The van der Waals surface area contributed by atoms with Crippen LogP contribution in [0, 0.1) is 5.41 Å². The van der Waals surface area contributed by atoms with E-state index in [-0.39, 0.29) is 5.91 Å². The van der Waals surface area contributed by atoms with Gasteiger partial charge in [0.25, 0.3) is 5.91 Å². The smallest absolute Gasteiger partial charge is 0.255 e. The van der Waals surface area contributed by atoms with Crippen LogP contribution in [-0.4, -0.2) is 11.9 Å². The van der Waals surface area contributed by atoms with E-state index in [0.29, 0.717) is 6.42 Å². The number of amides is 1. The van der Waals surface area contributed by atoms with Crippen molar-refractivity contribution < 1.29 is 4.79 Å². The molecule has 0 spiro atoms. The van der Waals surface area contributed by atoms with Crippen molar-refractivity contribution in [2.24, 2.45) is 4.99 Å². The van der Waals surface area contributed by atoms with E-state index in [0.717, 1.165) is 12.8 Å². The van der Waals surface area contributed by atoms with Gasteiger partial charge in [0.2, 0.25) is 0 Å². The lowest BCUT2D eigenvalue weighted by Gasteiger charge is -2.02. The van der Waals surface area contributed by atoms with Gasteiger partial charge in [0.1, 0.15) is 0 Å². The summed E-state index contributed by atoms with van der Waals surface area (Å²) in [7, 11) is 0. The number of nitrogens with zero attached hydrogens (tertiary/aromatic N) is 1. The number of aliphatic imine (C=N–C) groups is 1. The van der Waals surface area contributed by atoms with Crippen LogP contribution in [0.2, 0.25) is 0 Å². The maximum absolute atomic E-state index is 11.0. The molecular weight excluding hydrogens is 248 g/mol. The Balaban J connectivity index is 3.06. The van der Waals surface area contributed by atoms with E-state index < -0.39 is 0 Å². The fourth-order valence-corrected chi connectivity index (χ4v) is 2.41. The first kappa shape index (κ1) is 19.1. The molecule has 0 aliphatic rings. The van der Waals surface area contributed by atoms with Gasteiger partial charge in [0.05, 0.1) is 6.01 Å². The van der Waals surface area contributed by atoms with Crippen molar-refractivity contribution in [3.63, 3.8) is 0 Å². The van der Waals surface area contributed by atoms with E-state index in [2.05, 4.69) is 11.9 Å². The van der Waals surface area contributed by atoms with Crippen LogP contribution in [0.3, 0.4) is 0 Å². The van der Waals surface area contributed by atoms with E-state index in [4.69, 9.17) is 5.41 Å². The highest BCUT2D eigenvalue weighted by Gasteiger charge is 1.98. The van der Waals surface area contributed by atoms with Crippen molar-refractivity contribution >= 4 is 11.9 Å². The molecule has 3 nitrogen and oxygen atoms in total. The van der Waals surface area contributed by atoms with Crippen LogP contribution in [0.25, 0.3) is 0 Å². The SMILES string of the molecule is CCCCCCCCCCCCCCCC(=O)N=C=N. The Bertz CT molecular complexity index is 270. The molecule has 0 aromatic heterocycles. The molecule has 3 heteroatoms. The summed E-state index contributed by atoms with van der Waals surface area (Å²) in [4.78, 5) is 14.3. The third kappa shape index (κ3) is 15.1. The predicted octanol–water partition coefficient (Wildman–Crippen LogP) is 5.75. The number of carbonyl (C=O) groups excluding carboxylic acids is 1. The van der Waals surface area contributed by atoms with Gasteiger partial charge < -0.3 is 0 Å². The summed E-state index contributed by atoms with van der Waals surface area (Å²) in [5, 5.41) is 6.57. The van der Waals surface area contributed by atoms with E-state index in [1.54, 1.807) is 6.01 Å². The van der Waals surface area contributed by atoms with Crippen molar-refractivity contribution in [1.29, 1.82) is 5.41 Å². The molecule has 0 aromatic rings. The molecule has 0 bridgehead atoms. The first-order chi connectivity index (χ1) is 9.81. The lowest BCUT2D eigenvalue weighted by atomic mass is 10.0. The van der Waals surface area contributed by atoms with Gasteiger partial charge in [-0.1, -0.05) is 84.0 Å². The van der Waals surface area contributed by atoms with Crippen LogP contribution < -0.4 is 0 Å². The minimum atomic E-state index is -0.205. The summed E-state index contributed by atoms with van der Waals surface area (Å²) < 4.78 is 0. The quantitative estimate of drug-likeness (QED) is 0.320. The van der Waals surface area contributed by atoms with Gasteiger partial charge >= 0.3 is 0 Å². The minimum Gasteiger partial charge on any atom is -0.272 e. The van der Waals surface area contributed by atoms with E-state index in [9.17, 15) is 4.79 Å². The molecule has 0 unspecified atom stereocenters.